The lowest BCUT2D eigenvalue weighted by molar-refractivity contribution is -0.128. The molecule has 1 unspecified atom stereocenters. The number of nitrogens with zero attached hydrogens (tertiary/aromatic N) is 2. The Kier molecular flexibility index (Phi) is 4.34. The molecule has 0 saturated carbocycles. The molecule has 1 N–H and O–H groups in total. The summed E-state index contributed by atoms with van der Waals surface area (Å²) in [4.78, 5) is 18.5. The van der Waals surface area contributed by atoms with E-state index in [1.807, 2.05) is 12.1 Å². The smallest absolute Gasteiger partial charge is 0.255 e. The third kappa shape index (κ3) is 3.43. The molecule has 1 aliphatic rings. The lowest BCUT2D eigenvalue weighted by Crippen LogP contribution is -2.48. The van der Waals surface area contributed by atoms with E-state index in [9.17, 15) is 4.79 Å². The van der Waals surface area contributed by atoms with Gasteiger partial charge in [0.1, 0.15) is 0 Å². The van der Waals surface area contributed by atoms with Crippen molar-refractivity contribution in [2.24, 2.45) is 0 Å². The highest BCUT2D eigenvalue weighted by Crippen LogP contribution is 2.19. The second kappa shape index (κ2) is 6.58. The number of anilines is 2. The second-order valence-corrected chi connectivity index (χ2v) is 5.38. The third-order valence-electron chi connectivity index (χ3n) is 3.65. The molecule has 2 heterocycles. The van der Waals surface area contributed by atoms with E-state index in [0.717, 1.165) is 12.2 Å². The molecule has 1 amide bonds. The first-order valence-corrected chi connectivity index (χ1v) is 7.36. The predicted octanol–water partition coefficient (Wildman–Crippen LogP) is 2.23. The minimum absolute atomic E-state index is 0.134. The van der Waals surface area contributed by atoms with Crippen LogP contribution in [-0.4, -0.2) is 36.7 Å². The van der Waals surface area contributed by atoms with Crippen LogP contribution < -0.4 is 10.2 Å². The topological polar surface area (TPSA) is 54.5 Å². The van der Waals surface area contributed by atoms with Crippen molar-refractivity contribution in [1.29, 1.82) is 0 Å². The van der Waals surface area contributed by atoms with E-state index in [1.54, 1.807) is 18.5 Å². The normalized spacial score (nSPS) is 18.0. The largest absolute Gasteiger partial charge is 0.366 e. The molecule has 5 nitrogen and oxygen atoms in total. The lowest BCUT2D eigenvalue weighted by Gasteiger charge is -2.34. The molecule has 0 aliphatic carbocycles. The Morgan fingerprint density at radius 3 is 3.05 bits per heavy atom. The minimum atomic E-state index is -0.477. The van der Waals surface area contributed by atoms with E-state index in [0.29, 0.717) is 18.8 Å². The fourth-order valence-electron chi connectivity index (χ4n) is 2.53. The number of carbonyl (C=O) groups is 1. The highest BCUT2D eigenvalue weighted by Gasteiger charge is 2.27. The predicted molar refractivity (Wildman–Crippen MR) is 86.0 cm³/mol. The van der Waals surface area contributed by atoms with E-state index >= 15 is 0 Å². The number of aryl methyl sites for hydroxylation is 1. The van der Waals surface area contributed by atoms with Crippen LogP contribution in [0.5, 0.6) is 0 Å². The number of rotatable bonds is 3. The van der Waals surface area contributed by atoms with Crippen molar-refractivity contribution in [3.8, 4) is 0 Å². The van der Waals surface area contributed by atoms with E-state index in [1.165, 1.54) is 5.56 Å². The highest BCUT2D eigenvalue weighted by atomic mass is 16.5. The van der Waals surface area contributed by atoms with Crippen LogP contribution in [0.2, 0.25) is 0 Å². The van der Waals surface area contributed by atoms with Crippen LogP contribution in [0.25, 0.3) is 0 Å². The molecule has 0 bridgehead atoms. The number of ether oxygens (including phenoxy) is 1. The van der Waals surface area contributed by atoms with Crippen molar-refractivity contribution in [2.75, 3.05) is 29.9 Å². The van der Waals surface area contributed by atoms with E-state index in [2.05, 4.69) is 40.3 Å². The maximum absolute atomic E-state index is 12.3. The number of morpholine rings is 1. The average Bonchev–Trinajstić information content (AvgIpc) is 2.56. The van der Waals surface area contributed by atoms with Gasteiger partial charge >= 0.3 is 0 Å². The molecule has 5 heteroatoms. The molecule has 0 radical (unpaired) electrons. The number of nitrogens with one attached hydrogen (secondary N) is 1. The van der Waals surface area contributed by atoms with Gasteiger partial charge in [-0.2, -0.15) is 0 Å². The van der Waals surface area contributed by atoms with E-state index in [-0.39, 0.29) is 5.91 Å². The van der Waals surface area contributed by atoms with E-state index < -0.39 is 6.10 Å². The quantitative estimate of drug-likeness (QED) is 0.944. The summed E-state index contributed by atoms with van der Waals surface area (Å²) in [7, 11) is 0. The van der Waals surface area contributed by atoms with Gasteiger partial charge in [-0.3, -0.25) is 9.78 Å². The first-order chi connectivity index (χ1) is 10.7. The Bertz CT molecular complexity index is 645. The highest BCUT2D eigenvalue weighted by molar-refractivity contribution is 5.94. The van der Waals surface area contributed by atoms with Crippen molar-refractivity contribution in [1.82, 2.24) is 4.98 Å². The van der Waals surface area contributed by atoms with Crippen molar-refractivity contribution < 1.29 is 9.53 Å². The summed E-state index contributed by atoms with van der Waals surface area (Å²) >= 11 is 0. The number of aromatic nitrogens is 1. The van der Waals surface area contributed by atoms with Gasteiger partial charge in [-0.05, 0) is 36.8 Å². The van der Waals surface area contributed by atoms with Crippen molar-refractivity contribution in [2.45, 2.75) is 13.0 Å². The number of pyridine rings is 1. The first-order valence-electron chi connectivity index (χ1n) is 7.36. The summed E-state index contributed by atoms with van der Waals surface area (Å²) in [5, 5.41) is 2.84. The van der Waals surface area contributed by atoms with Gasteiger partial charge in [-0.1, -0.05) is 12.1 Å². The fraction of sp³-hybridized carbons (Fsp3) is 0.294. The summed E-state index contributed by atoms with van der Waals surface area (Å²) in [5.74, 6) is -0.134. The Morgan fingerprint density at radius 2 is 2.27 bits per heavy atom. The molecule has 1 aliphatic heterocycles. The van der Waals surface area contributed by atoms with Gasteiger partial charge < -0.3 is 15.0 Å². The summed E-state index contributed by atoms with van der Waals surface area (Å²) in [5.41, 5.74) is 3.02. The van der Waals surface area contributed by atoms with Gasteiger partial charge in [-0.25, -0.2) is 0 Å². The Hall–Kier alpha value is -2.40. The average molecular weight is 297 g/mol. The fourth-order valence-corrected chi connectivity index (χ4v) is 2.53. The Labute approximate surface area is 129 Å². The standard InChI is InChI=1S/C17H19N3O2/c1-13-4-2-6-15(10-13)20-8-9-22-16(12-20)17(21)19-14-5-3-7-18-11-14/h2-7,10-11,16H,8-9,12H2,1H3,(H,19,21). The maximum Gasteiger partial charge on any atom is 0.255 e. The molecule has 1 aromatic heterocycles. The van der Waals surface area contributed by atoms with Crippen LogP contribution in [0.15, 0.2) is 48.8 Å². The second-order valence-electron chi connectivity index (χ2n) is 5.38. The number of hydrogen-bond acceptors (Lipinski definition) is 4. The van der Waals surface area contributed by atoms with Gasteiger partial charge in [-0.15, -0.1) is 0 Å². The molecular weight excluding hydrogens is 278 g/mol. The summed E-state index contributed by atoms with van der Waals surface area (Å²) < 4.78 is 5.62. The zero-order chi connectivity index (χ0) is 15.4. The monoisotopic (exact) mass is 297 g/mol. The zero-order valence-electron chi connectivity index (χ0n) is 12.5. The summed E-state index contributed by atoms with van der Waals surface area (Å²) in [6, 6.07) is 11.9. The summed E-state index contributed by atoms with van der Waals surface area (Å²) in [6.45, 7) is 3.95. The van der Waals surface area contributed by atoms with Crippen LogP contribution in [0.4, 0.5) is 11.4 Å². The van der Waals surface area contributed by atoms with Crippen LogP contribution in [0.1, 0.15) is 5.56 Å². The molecule has 1 aromatic carbocycles. The number of benzene rings is 1. The Morgan fingerprint density at radius 1 is 1.36 bits per heavy atom. The molecule has 114 valence electrons. The molecule has 2 aromatic rings. The maximum atomic E-state index is 12.3. The zero-order valence-corrected chi connectivity index (χ0v) is 12.5. The van der Waals surface area contributed by atoms with Gasteiger partial charge in [0.15, 0.2) is 6.10 Å². The van der Waals surface area contributed by atoms with Crippen molar-refractivity contribution in [3.63, 3.8) is 0 Å². The molecular formula is C17H19N3O2. The lowest BCUT2D eigenvalue weighted by atomic mass is 10.1. The summed E-state index contributed by atoms with van der Waals surface area (Å²) in [6.07, 6.45) is 2.82. The van der Waals surface area contributed by atoms with Crippen LogP contribution in [0, 0.1) is 6.92 Å². The molecule has 22 heavy (non-hydrogen) atoms. The molecule has 3 rings (SSSR count). The molecule has 1 saturated heterocycles. The first kappa shape index (κ1) is 14.5. The third-order valence-corrected chi connectivity index (χ3v) is 3.65. The molecule has 1 fully saturated rings. The molecule has 0 spiro atoms. The number of carbonyl (C=O) groups excluding carboxylic acids is 1. The molecule has 1 atom stereocenters. The van der Waals surface area contributed by atoms with Gasteiger partial charge in [0.2, 0.25) is 0 Å². The van der Waals surface area contributed by atoms with Crippen LogP contribution in [-0.2, 0) is 9.53 Å². The Balaban J connectivity index is 1.66. The van der Waals surface area contributed by atoms with Gasteiger partial charge in [0.05, 0.1) is 25.0 Å². The van der Waals surface area contributed by atoms with E-state index in [4.69, 9.17) is 4.74 Å². The van der Waals surface area contributed by atoms with Gasteiger partial charge in [0, 0.05) is 18.4 Å². The number of amides is 1. The SMILES string of the molecule is Cc1cccc(N2CCOC(C(=O)Nc3cccnc3)C2)c1. The van der Waals surface area contributed by atoms with Gasteiger partial charge in [0.25, 0.3) is 5.91 Å². The van der Waals surface area contributed by atoms with Crippen molar-refractivity contribution in [3.05, 3.63) is 54.4 Å². The number of hydrogen-bond donors (Lipinski definition) is 1. The minimum Gasteiger partial charge on any atom is -0.366 e. The van der Waals surface area contributed by atoms with Crippen LogP contribution in [0.3, 0.4) is 0 Å². The van der Waals surface area contributed by atoms with Crippen molar-refractivity contribution >= 4 is 17.3 Å². The van der Waals surface area contributed by atoms with Crippen LogP contribution >= 0.6 is 0 Å².